The van der Waals surface area contributed by atoms with Crippen molar-refractivity contribution >= 4 is 5.91 Å². The highest BCUT2D eigenvalue weighted by atomic mass is 16.2. The second kappa shape index (κ2) is 7.67. The first-order valence-electron chi connectivity index (χ1n) is 6.92. The summed E-state index contributed by atoms with van der Waals surface area (Å²) in [5.74, 6) is -0.0361. The highest BCUT2D eigenvalue weighted by Crippen LogP contribution is 2.16. The summed E-state index contributed by atoms with van der Waals surface area (Å²) < 4.78 is 0. The first-order chi connectivity index (χ1) is 8.15. The number of carbonyl (C=O) groups excluding carboxylic acids is 1. The van der Waals surface area contributed by atoms with Crippen molar-refractivity contribution in [1.29, 1.82) is 0 Å². The van der Waals surface area contributed by atoms with Crippen LogP contribution in [0.25, 0.3) is 0 Å². The quantitative estimate of drug-likeness (QED) is 0.732. The fourth-order valence-electron chi connectivity index (χ4n) is 2.33. The van der Waals surface area contributed by atoms with Crippen molar-refractivity contribution in [2.45, 2.75) is 58.0 Å². The van der Waals surface area contributed by atoms with Crippen LogP contribution in [0.15, 0.2) is 0 Å². The molecule has 0 aliphatic carbocycles. The second-order valence-electron chi connectivity index (χ2n) is 5.07. The summed E-state index contributed by atoms with van der Waals surface area (Å²) in [5.41, 5.74) is 5.54. The fraction of sp³-hybridized carbons (Fsp3) is 0.923. The van der Waals surface area contributed by atoms with Gasteiger partial charge >= 0.3 is 0 Å². The van der Waals surface area contributed by atoms with E-state index in [4.69, 9.17) is 5.73 Å². The Balaban J connectivity index is 2.34. The molecule has 100 valence electrons. The topological polar surface area (TPSA) is 58.4 Å². The van der Waals surface area contributed by atoms with Crippen LogP contribution < -0.4 is 11.1 Å². The van der Waals surface area contributed by atoms with Crippen LogP contribution >= 0.6 is 0 Å². The normalized spacial score (nSPS) is 23.4. The van der Waals surface area contributed by atoms with Gasteiger partial charge in [-0.1, -0.05) is 19.8 Å². The third-order valence-corrected chi connectivity index (χ3v) is 3.47. The molecule has 0 bridgehead atoms. The number of nitrogens with one attached hydrogen (secondary N) is 1. The Labute approximate surface area is 105 Å². The van der Waals surface area contributed by atoms with Crippen molar-refractivity contribution in [2.75, 3.05) is 19.6 Å². The number of hydrogen-bond acceptors (Lipinski definition) is 3. The van der Waals surface area contributed by atoms with E-state index >= 15 is 0 Å². The van der Waals surface area contributed by atoms with E-state index in [1.165, 1.54) is 38.6 Å². The number of rotatable bonds is 6. The molecule has 17 heavy (non-hydrogen) atoms. The van der Waals surface area contributed by atoms with Crippen LogP contribution in [0.4, 0.5) is 0 Å². The molecule has 2 atom stereocenters. The van der Waals surface area contributed by atoms with Crippen LogP contribution in [0, 0.1) is 0 Å². The summed E-state index contributed by atoms with van der Waals surface area (Å²) in [5, 5.41) is 2.95. The van der Waals surface area contributed by atoms with Gasteiger partial charge in [0.05, 0.1) is 6.04 Å². The maximum atomic E-state index is 11.5. The summed E-state index contributed by atoms with van der Waals surface area (Å²) in [7, 11) is 0. The number of likely N-dealkylation sites (tertiary alicyclic amines) is 1. The number of amides is 1. The molecular weight excluding hydrogens is 214 g/mol. The van der Waals surface area contributed by atoms with Crippen molar-refractivity contribution in [1.82, 2.24) is 10.2 Å². The Morgan fingerprint density at radius 3 is 2.94 bits per heavy atom. The van der Waals surface area contributed by atoms with Crippen molar-refractivity contribution in [3.63, 3.8) is 0 Å². The monoisotopic (exact) mass is 241 g/mol. The largest absolute Gasteiger partial charge is 0.353 e. The molecule has 1 fully saturated rings. The van der Waals surface area contributed by atoms with E-state index in [-0.39, 0.29) is 5.91 Å². The minimum atomic E-state index is -0.400. The van der Waals surface area contributed by atoms with Gasteiger partial charge in [0.15, 0.2) is 0 Å². The molecule has 1 aliphatic heterocycles. The summed E-state index contributed by atoms with van der Waals surface area (Å²) >= 11 is 0. The summed E-state index contributed by atoms with van der Waals surface area (Å²) in [6, 6.07) is 0.112. The highest BCUT2D eigenvalue weighted by Gasteiger charge is 2.22. The van der Waals surface area contributed by atoms with Gasteiger partial charge in [-0.2, -0.15) is 0 Å². The van der Waals surface area contributed by atoms with Crippen LogP contribution in [-0.4, -0.2) is 42.5 Å². The van der Waals surface area contributed by atoms with Crippen molar-refractivity contribution in [3.05, 3.63) is 0 Å². The lowest BCUT2D eigenvalue weighted by molar-refractivity contribution is -0.122. The van der Waals surface area contributed by atoms with Gasteiger partial charge < -0.3 is 11.1 Å². The molecule has 1 saturated heterocycles. The van der Waals surface area contributed by atoms with Gasteiger partial charge in [0.1, 0.15) is 0 Å². The summed E-state index contributed by atoms with van der Waals surface area (Å²) in [4.78, 5) is 14.0. The molecule has 0 radical (unpaired) electrons. The first-order valence-corrected chi connectivity index (χ1v) is 6.92. The molecule has 4 nitrogen and oxygen atoms in total. The van der Waals surface area contributed by atoms with Gasteiger partial charge in [-0.3, -0.25) is 9.69 Å². The number of unbranched alkanes of at least 4 members (excludes halogenated alkanes) is 1. The van der Waals surface area contributed by atoms with Gasteiger partial charge in [-0.25, -0.2) is 0 Å². The predicted octanol–water partition coefficient (Wildman–Crippen LogP) is 1.10. The molecule has 0 aromatic heterocycles. The molecule has 0 spiro atoms. The molecule has 0 saturated carbocycles. The zero-order valence-electron chi connectivity index (χ0n) is 11.2. The number of piperidine rings is 1. The van der Waals surface area contributed by atoms with E-state index in [1.807, 2.05) is 0 Å². The zero-order chi connectivity index (χ0) is 12.7. The molecule has 3 N–H and O–H groups in total. The van der Waals surface area contributed by atoms with Crippen molar-refractivity contribution in [3.8, 4) is 0 Å². The lowest BCUT2D eigenvalue weighted by Gasteiger charge is -2.35. The zero-order valence-corrected chi connectivity index (χ0v) is 11.2. The summed E-state index contributed by atoms with van der Waals surface area (Å²) in [6.45, 7) is 7.04. The van der Waals surface area contributed by atoms with Crippen LogP contribution in [-0.2, 0) is 4.79 Å². The van der Waals surface area contributed by atoms with E-state index in [0.29, 0.717) is 6.04 Å². The van der Waals surface area contributed by atoms with E-state index < -0.39 is 6.04 Å². The number of nitrogens with two attached hydrogens (primary N) is 1. The van der Waals surface area contributed by atoms with Crippen molar-refractivity contribution in [2.24, 2.45) is 5.73 Å². The van der Waals surface area contributed by atoms with E-state index in [1.54, 1.807) is 6.92 Å². The number of nitrogens with zero attached hydrogens (tertiary/aromatic N) is 1. The molecular formula is C13H27N3O. The average molecular weight is 241 g/mol. The van der Waals surface area contributed by atoms with Crippen LogP contribution in [0.3, 0.4) is 0 Å². The standard InChI is InChI=1S/C13H27N3O/c1-3-4-8-16-9-6-5-7-12(16)10-15-13(17)11(2)14/h11-12H,3-10,14H2,1-2H3,(H,15,17). The number of hydrogen-bond donors (Lipinski definition) is 2. The Hall–Kier alpha value is -0.610. The summed E-state index contributed by atoms with van der Waals surface area (Å²) in [6.07, 6.45) is 6.25. The van der Waals surface area contributed by atoms with Crippen LogP contribution in [0.5, 0.6) is 0 Å². The third-order valence-electron chi connectivity index (χ3n) is 3.47. The molecule has 0 aromatic carbocycles. The number of carbonyl (C=O) groups is 1. The van der Waals surface area contributed by atoms with Gasteiger partial charge in [0, 0.05) is 12.6 Å². The first kappa shape index (κ1) is 14.5. The van der Waals surface area contributed by atoms with Gasteiger partial charge in [-0.05, 0) is 39.3 Å². The van der Waals surface area contributed by atoms with Crippen LogP contribution in [0.2, 0.25) is 0 Å². The lowest BCUT2D eigenvalue weighted by Crippen LogP contribution is -2.49. The molecule has 1 aliphatic rings. The molecule has 0 aromatic rings. The predicted molar refractivity (Wildman–Crippen MR) is 70.8 cm³/mol. The third kappa shape index (κ3) is 5.04. The van der Waals surface area contributed by atoms with E-state index in [0.717, 1.165) is 13.1 Å². The highest BCUT2D eigenvalue weighted by molar-refractivity contribution is 5.80. The Morgan fingerprint density at radius 2 is 2.29 bits per heavy atom. The van der Waals surface area contributed by atoms with Crippen molar-refractivity contribution < 1.29 is 4.79 Å². The maximum Gasteiger partial charge on any atom is 0.236 e. The second-order valence-corrected chi connectivity index (χ2v) is 5.07. The van der Waals surface area contributed by atoms with Gasteiger partial charge in [0.2, 0.25) is 5.91 Å². The van der Waals surface area contributed by atoms with E-state index in [2.05, 4.69) is 17.1 Å². The molecule has 1 heterocycles. The molecule has 2 unspecified atom stereocenters. The smallest absolute Gasteiger partial charge is 0.236 e. The SMILES string of the molecule is CCCCN1CCCCC1CNC(=O)C(C)N. The minimum Gasteiger partial charge on any atom is -0.353 e. The van der Waals surface area contributed by atoms with Gasteiger partial charge in [0.25, 0.3) is 0 Å². The van der Waals surface area contributed by atoms with Gasteiger partial charge in [-0.15, -0.1) is 0 Å². The Kier molecular flexibility index (Phi) is 6.52. The van der Waals surface area contributed by atoms with E-state index in [9.17, 15) is 4.79 Å². The molecule has 4 heteroatoms. The Bertz CT molecular complexity index is 231. The molecule has 1 rings (SSSR count). The fourth-order valence-corrected chi connectivity index (χ4v) is 2.33. The minimum absolute atomic E-state index is 0.0361. The maximum absolute atomic E-state index is 11.5. The Morgan fingerprint density at radius 1 is 1.53 bits per heavy atom. The van der Waals surface area contributed by atoms with Crippen LogP contribution in [0.1, 0.15) is 46.0 Å². The lowest BCUT2D eigenvalue weighted by atomic mass is 10.0. The molecule has 1 amide bonds. The average Bonchev–Trinajstić information content (AvgIpc) is 2.34.